The van der Waals surface area contributed by atoms with Gasteiger partial charge in [0.1, 0.15) is 12.1 Å². The van der Waals surface area contributed by atoms with Crippen LogP contribution in [0.1, 0.15) is 19.8 Å². The van der Waals surface area contributed by atoms with E-state index in [1.807, 2.05) is 12.1 Å². The molecule has 0 saturated carbocycles. The van der Waals surface area contributed by atoms with Crippen LogP contribution in [0.5, 0.6) is 0 Å². The first kappa shape index (κ1) is 17.9. The number of piperidine rings is 1. The average molecular weight is 366 g/mol. The maximum atomic E-state index is 12.8. The van der Waals surface area contributed by atoms with E-state index < -0.39 is 0 Å². The molecule has 0 aromatic carbocycles. The van der Waals surface area contributed by atoms with E-state index in [-0.39, 0.29) is 18.3 Å². The third kappa shape index (κ3) is 3.55. The average Bonchev–Trinajstić information content (AvgIpc) is 3.09. The summed E-state index contributed by atoms with van der Waals surface area (Å²) in [4.78, 5) is 17.1. The van der Waals surface area contributed by atoms with E-state index in [1.165, 1.54) is 0 Å². The van der Waals surface area contributed by atoms with Gasteiger partial charge in [0, 0.05) is 44.7 Å². The van der Waals surface area contributed by atoms with E-state index in [0.717, 1.165) is 57.0 Å². The number of rotatable bonds is 2. The van der Waals surface area contributed by atoms with Gasteiger partial charge in [-0.2, -0.15) is 4.52 Å². The fourth-order valence-electron chi connectivity index (χ4n) is 3.65. The lowest BCUT2D eigenvalue weighted by molar-refractivity contribution is -0.139. The van der Waals surface area contributed by atoms with Crippen molar-refractivity contribution in [3.8, 4) is 0 Å². The minimum absolute atomic E-state index is 0. The van der Waals surface area contributed by atoms with Gasteiger partial charge in [-0.25, -0.2) is 0 Å². The Bertz CT molecular complexity index is 728. The first-order valence-corrected chi connectivity index (χ1v) is 8.65. The molecule has 1 atom stereocenters. The molecule has 0 radical (unpaired) electrons. The number of nitrogens with zero attached hydrogens (tertiary/aromatic N) is 6. The number of halogens is 1. The SMILES string of the molecule is C[C@@H]1CNCCN1C(=O)C1CCN(c2ccc3nncn3n2)CC1.Cl. The van der Waals surface area contributed by atoms with Gasteiger partial charge in [-0.15, -0.1) is 27.7 Å². The second kappa shape index (κ2) is 7.53. The smallest absolute Gasteiger partial charge is 0.226 e. The molecule has 4 heterocycles. The van der Waals surface area contributed by atoms with Crippen molar-refractivity contribution >= 4 is 29.8 Å². The van der Waals surface area contributed by atoms with E-state index in [2.05, 4.69) is 37.3 Å². The quantitative estimate of drug-likeness (QED) is 0.838. The molecule has 25 heavy (non-hydrogen) atoms. The molecule has 2 saturated heterocycles. The van der Waals surface area contributed by atoms with Crippen molar-refractivity contribution < 1.29 is 4.79 Å². The third-order valence-electron chi connectivity index (χ3n) is 5.10. The molecule has 2 aromatic rings. The Balaban J connectivity index is 0.00000182. The fourth-order valence-corrected chi connectivity index (χ4v) is 3.65. The number of hydrogen-bond acceptors (Lipinski definition) is 6. The monoisotopic (exact) mass is 365 g/mol. The largest absolute Gasteiger partial charge is 0.355 e. The lowest BCUT2D eigenvalue weighted by Gasteiger charge is -2.39. The second-order valence-corrected chi connectivity index (χ2v) is 6.67. The standard InChI is InChI=1S/C16H23N7O.ClH/c1-12-10-17-6-9-22(12)16(24)13-4-7-21(8-5-13)15-3-2-14-19-18-11-23(14)20-15;/h2-3,11-13,17H,4-10H2,1H3;1H/t12-;/m1./s1. The lowest BCUT2D eigenvalue weighted by Crippen LogP contribution is -2.54. The second-order valence-electron chi connectivity index (χ2n) is 6.67. The highest BCUT2D eigenvalue weighted by molar-refractivity contribution is 5.85. The number of nitrogens with one attached hydrogen (secondary N) is 1. The molecule has 0 unspecified atom stereocenters. The van der Waals surface area contributed by atoms with Crippen LogP contribution in [0, 0.1) is 5.92 Å². The van der Waals surface area contributed by atoms with E-state index in [9.17, 15) is 4.79 Å². The normalized spacial score (nSPS) is 22.0. The Labute approximate surface area is 153 Å². The van der Waals surface area contributed by atoms with Crippen LogP contribution in [0.25, 0.3) is 5.65 Å². The van der Waals surface area contributed by atoms with Crippen LogP contribution in [0.3, 0.4) is 0 Å². The van der Waals surface area contributed by atoms with Crippen LogP contribution in [0.15, 0.2) is 18.5 Å². The summed E-state index contributed by atoms with van der Waals surface area (Å²) in [6.45, 7) is 6.46. The number of fused-ring (bicyclic) bond motifs is 1. The van der Waals surface area contributed by atoms with Crippen LogP contribution in [0.2, 0.25) is 0 Å². The van der Waals surface area contributed by atoms with Crippen molar-refractivity contribution in [1.29, 1.82) is 0 Å². The minimum atomic E-state index is 0. The molecular weight excluding hydrogens is 342 g/mol. The topological polar surface area (TPSA) is 78.7 Å². The summed E-state index contributed by atoms with van der Waals surface area (Å²) in [7, 11) is 0. The Hall–Kier alpha value is -1.93. The number of carbonyl (C=O) groups is 1. The van der Waals surface area contributed by atoms with Crippen molar-refractivity contribution in [2.24, 2.45) is 5.92 Å². The fraction of sp³-hybridized carbons (Fsp3) is 0.625. The summed E-state index contributed by atoms with van der Waals surface area (Å²) in [5, 5.41) is 15.7. The molecule has 2 fully saturated rings. The molecule has 9 heteroatoms. The zero-order chi connectivity index (χ0) is 16.5. The van der Waals surface area contributed by atoms with Gasteiger partial charge in [0.05, 0.1) is 0 Å². The maximum absolute atomic E-state index is 12.8. The number of piperazine rings is 1. The van der Waals surface area contributed by atoms with Gasteiger partial charge in [-0.1, -0.05) is 0 Å². The zero-order valence-corrected chi connectivity index (χ0v) is 15.2. The van der Waals surface area contributed by atoms with Gasteiger partial charge >= 0.3 is 0 Å². The first-order valence-electron chi connectivity index (χ1n) is 8.65. The van der Waals surface area contributed by atoms with Gasteiger partial charge in [0.2, 0.25) is 5.91 Å². The summed E-state index contributed by atoms with van der Waals surface area (Å²) in [5.41, 5.74) is 0.747. The van der Waals surface area contributed by atoms with Crippen LogP contribution < -0.4 is 10.2 Å². The molecule has 1 N–H and O–H groups in total. The van der Waals surface area contributed by atoms with Crippen molar-refractivity contribution in [2.75, 3.05) is 37.6 Å². The number of carbonyl (C=O) groups excluding carboxylic acids is 1. The lowest BCUT2D eigenvalue weighted by atomic mass is 9.94. The first-order chi connectivity index (χ1) is 11.7. The van der Waals surface area contributed by atoms with Crippen molar-refractivity contribution in [2.45, 2.75) is 25.8 Å². The molecule has 136 valence electrons. The van der Waals surface area contributed by atoms with Crippen LogP contribution in [0.4, 0.5) is 5.82 Å². The summed E-state index contributed by atoms with van der Waals surface area (Å²) in [6, 6.07) is 4.20. The highest BCUT2D eigenvalue weighted by Crippen LogP contribution is 2.24. The molecule has 2 aliphatic heterocycles. The maximum Gasteiger partial charge on any atom is 0.226 e. The molecule has 0 spiro atoms. The van der Waals surface area contributed by atoms with Crippen LogP contribution in [-0.2, 0) is 4.79 Å². The van der Waals surface area contributed by atoms with Crippen LogP contribution in [-0.4, -0.2) is 69.4 Å². The Morgan fingerprint density at radius 2 is 2.04 bits per heavy atom. The van der Waals surface area contributed by atoms with E-state index in [4.69, 9.17) is 0 Å². The van der Waals surface area contributed by atoms with Gasteiger partial charge in [0.15, 0.2) is 5.65 Å². The summed E-state index contributed by atoms with van der Waals surface area (Å²) < 4.78 is 1.69. The molecular formula is C16H24ClN7O. The van der Waals surface area contributed by atoms with Crippen molar-refractivity contribution in [3.05, 3.63) is 18.5 Å². The summed E-state index contributed by atoms with van der Waals surface area (Å²) in [6.07, 6.45) is 3.38. The number of aromatic nitrogens is 4. The molecule has 0 bridgehead atoms. The molecule has 4 rings (SSSR count). The zero-order valence-electron chi connectivity index (χ0n) is 14.3. The molecule has 1 amide bonds. The summed E-state index contributed by atoms with van der Waals surface area (Å²) >= 11 is 0. The summed E-state index contributed by atoms with van der Waals surface area (Å²) in [5.74, 6) is 1.38. The van der Waals surface area contributed by atoms with Crippen molar-refractivity contribution in [3.63, 3.8) is 0 Å². The molecule has 8 nitrogen and oxygen atoms in total. The number of amides is 1. The van der Waals surface area contributed by atoms with Gasteiger partial charge in [-0.05, 0) is 31.9 Å². The van der Waals surface area contributed by atoms with Crippen molar-refractivity contribution in [1.82, 2.24) is 30.0 Å². The van der Waals surface area contributed by atoms with E-state index in [1.54, 1.807) is 10.8 Å². The van der Waals surface area contributed by atoms with Gasteiger partial charge in [-0.3, -0.25) is 4.79 Å². The van der Waals surface area contributed by atoms with E-state index in [0.29, 0.717) is 11.9 Å². The van der Waals surface area contributed by atoms with Crippen LogP contribution >= 0.6 is 12.4 Å². The Morgan fingerprint density at radius 3 is 2.80 bits per heavy atom. The number of anilines is 1. The van der Waals surface area contributed by atoms with E-state index >= 15 is 0 Å². The number of hydrogen-bond donors (Lipinski definition) is 1. The highest BCUT2D eigenvalue weighted by Gasteiger charge is 2.32. The minimum Gasteiger partial charge on any atom is -0.355 e. The molecule has 2 aromatic heterocycles. The molecule has 2 aliphatic rings. The van der Waals surface area contributed by atoms with Gasteiger partial charge in [0.25, 0.3) is 0 Å². The van der Waals surface area contributed by atoms with Gasteiger partial charge < -0.3 is 15.1 Å². The highest BCUT2D eigenvalue weighted by atomic mass is 35.5. The Morgan fingerprint density at radius 1 is 1.24 bits per heavy atom. The Kier molecular flexibility index (Phi) is 5.39. The third-order valence-corrected chi connectivity index (χ3v) is 5.10. The predicted octanol–water partition coefficient (Wildman–Crippen LogP) is 0.583. The molecule has 0 aliphatic carbocycles. The predicted molar refractivity (Wildman–Crippen MR) is 97.0 cm³/mol.